The molecule has 1 aliphatic rings. The molecule has 0 radical (unpaired) electrons. The zero-order valence-electron chi connectivity index (χ0n) is 15.5. The number of carbonyl (C=O) groups is 3. The molecule has 0 aliphatic carbocycles. The molecule has 8 nitrogen and oxygen atoms in total. The Morgan fingerprint density at radius 1 is 1.03 bits per heavy atom. The largest absolute Gasteiger partial charge is 0.550 e. The summed E-state index contributed by atoms with van der Waals surface area (Å²) < 4.78 is 10.6. The minimum atomic E-state index is -1.19. The SMILES string of the molecule is O=C([O-])CCCNC(=O)/C(=C\c1ccc2c(c1)OCO2)NC(=O)c1ccccc1. The first-order chi connectivity index (χ1) is 14.0. The summed E-state index contributed by atoms with van der Waals surface area (Å²) in [4.78, 5) is 35.6. The number of hydrogen-bond donors (Lipinski definition) is 2. The number of carbonyl (C=O) groups excluding carboxylic acids is 3. The van der Waals surface area contributed by atoms with Gasteiger partial charge in [-0.1, -0.05) is 24.3 Å². The van der Waals surface area contributed by atoms with E-state index in [0.717, 1.165) is 0 Å². The highest BCUT2D eigenvalue weighted by atomic mass is 16.7. The van der Waals surface area contributed by atoms with E-state index in [4.69, 9.17) is 9.47 Å². The lowest BCUT2D eigenvalue weighted by Gasteiger charge is -2.11. The van der Waals surface area contributed by atoms with E-state index >= 15 is 0 Å². The van der Waals surface area contributed by atoms with E-state index in [0.29, 0.717) is 22.6 Å². The molecule has 150 valence electrons. The molecule has 0 atom stereocenters. The van der Waals surface area contributed by atoms with Crippen molar-refractivity contribution in [2.24, 2.45) is 0 Å². The topological polar surface area (TPSA) is 117 Å². The van der Waals surface area contributed by atoms with Crippen molar-refractivity contribution < 1.29 is 29.0 Å². The number of benzene rings is 2. The Hall–Kier alpha value is -3.81. The Morgan fingerprint density at radius 2 is 1.79 bits per heavy atom. The number of ether oxygens (including phenoxy) is 2. The summed E-state index contributed by atoms with van der Waals surface area (Å²) in [5.74, 6) is -1.02. The number of rotatable bonds is 8. The van der Waals surface area contributed by atoms with Gasteiger partial charge >= 0.3 is 0 Å². The Balaban J connectivity index is 1.77. The average molecular weight is 395 g/mol. The van der Waals surface area contributed by atoms with Crippen LogP contribution in [0.15, 0.2) is 54.2 Å². The number of carboxylic acid groups (broad SMARTS) is 1. The second-order valence-corrected chi connectivity index (χ2v) is 6.22. The fourth-order valence-electron chi connectivity index (χ4n) is 2.64. The highest BCUT2D eigenvalue weighted by Crippen LogP contribution is 2.33. The lowest BCUT2D eigenvalue weighted by molar-refractivity contribution is -0.305. The number of aliphatic carboxylic acids is 1. The van der Waals surface area contributed by atoms with Crippen LogP contribution in [0.1, 0.15) is 28.8 Å². The normalized spacial score (nSPS) is 12.3. The van der Waals surface area contributed by atoms with Gasteiger partial charge < -0.3 is 30.0 Å². The predicted octanol–water partition coefficient (Wildman–Crippen LogP) is 0.832. The highest BCUT2D eigenvalue weighted by molar-refractivity contribution is 6.05. The van der Waals surface area contributed by atoms with Crippen molar-refractivity contribution in [3.05, 3.63) is 65.4 Å². The van der Waals surface area contributed by atoms with E-state index in [1.807, 2.05) is 0 Å². The Bertz CT molecular complexity index is 939. The number of nitrogens with one attached hydrogen (secondary N) is 2. The van der Waals surface area contributed by atoms with Gasteiger partial charge in [-0.3, -0.25) is 9.59 Å². The molecule has 2 N–H and O–H groups in total. The maximum atomic E-state index is 12.6. The van der Waals surface area contributed by atoms with Gasteiger partial charge in [-0.15, -0.1) is 0 Å². The summed E-state index contributed by atoms with van der Waals surface area (Å²) in [6.07, 6.45) is 1.56. The standard InChI is InChI=1S/C21H20N2O6/c24-19(25)7-4-10-22-21(27)16(23-20(26)15-5-2-1-3-6-15)11-14-8-9-17-18(12-14)29-13-28-17/h1-3,5-6,8-9,11-12H,4,7,10,13H2,(H,22,27)(H,23,26)(H,24,25)/p-1/b16-11+. The van der Waals surface area contributed by atoms with Crippen LogP contribution in [-0.2, 0) is 9.59 Å². The van der Waals surface area contributed by atoms with Gasteiger partial charge in [0, 0.05) is 18.1 Å². The van der Waals surface area contributed by atoms with Gasteiger partial charge in [-0.05, 0) is 48.7 Å². The second kappa shape index (κ2) is 9.41. The number of carboxylic acids is 1. The van der Waals surface area contributed by atoms with Crippen molar-refractivity contribution in [3.63, 3.8) is 0 Å². The molecule has 0 fully saturated rings. The van der Waals surface area contributed by atoms with E-state index in [1.165, 1.54) is 6.08 Å². The number of hydrogen-bond acceptors (Lipinski definition) is 6. The van der Waals surface area contributed by atoms with E-state index in [1.54, 1.807) is 48.5 Å². The first-order valence-electron chi connectivity index (χ1n) is 8.99. The maximum absolute atomic E-state index is 12.6. The van der Waals surface area contributed by atoms with Crippen LogP contribution >= 0.6 is 0 Å². The lowest BCUT2D eigenvalue weighted by Crippen LogP contribution is -2.35. The third kappa shape index (κ3) is 5.58. The molecule has 1 heterocycles. The second-order valence-electron chi connectivity index (χ2n) is 6.22. The monoisotopic (exact) mass is 395 g/mol. The molecule has 0 saturated heterocycles. The molecule has 0 unspecified atom stereocenters. The summed E-state index contributed by atoms with van der Waals surface area (Å²) >= 11 is 0. The Labute approximate surface area is 167 Å². The first kappa shape index (κ1) is 19.9. The summed E-state index contributed by atoms with van der Waals surface area (Å²) in [6.45, 7) is 0.255. The van der Waals surface area contributed by atoms with E-state index in [-0.39, 0.29) is 31.9 Å². The van der Waals surface area contributed by atoms with Crippen molar-refractivity contribution in [1.82, 2.24) is 10.6 Å². The van der Waals surface area contributed by atoms with Crippen LogP contribution < -0.4 is 25.2 Å². The lowest BCUT2D eigenvalue weighted by atomic mass is 10.1. The van der Waals surface area contributed by atoms with E-state index in [2.05, 4.69) is 10.6 Å². The molecule has 2 aromatic rings. The van der Waals surface area contributed by atoms with Gasteiger partial charge in [0.15, 0.2) is 11.5 Å². The molecular weight excluding hydrogens is 376 g/mol. The van der Waals surface area contributed by atoms with Crippen molar-refractivity contribution in [3.8, 4) is 11.5 Å². The summed E-state index contributed by atoms with van der Waals surface area (Å²) in [6, 6.07) is 13.6. The summed E-state index contributed by atoms with van der Waals surface area (Å²) in [5, 5.41) is 15.7. The zero-order valence-corrected chi connectivity index (χ0v) is 15.5. The van der Waals surface area contributed by atoms with E-state index < -0.39 is 17.8 Å². The first-order valence-corrected chi connectivity index (χ1v) is 8.99. The van der Waals surface area contributed by atoms with Crippen molar-refractivity contribution in [2.45, 2.75) is 12.8 Å². The molecule has 1 aliphatic heterocycles. The molecule has 3 rings (SSSR count). The third-order valence-electron chi connectivity index (χ3n) is 4.08. The molecule has 2 amide bonds. The quantitative estimate of drug-likeness (QED) is 0.505. The van der Waals surface area contributed by atoms with Crippen molar-refractivity contribution >= 4 is 23.9 Å². The minimum Gasteiger partial charge on any atom is -0.550 e. The van der Waals surface area contributed by atoms with Crippen LogP contribution in [0.3, 0.4) is 0 Å². The van der Waals surface area contributed by atoms with Gasteiger partial charge in [-0.2, -0.15) is 0 Å². The van der Waals surface area contributed by atoms with E-state index in [9.17, 15) is 19.5 Å². The molecule has 0 bridgehead atoms. The van der Waals surface area contributed by atoms with Gasteiger partial charge in [0.1, 0.15) is 5.70 Å². The third-order valence-corrected chi connectivity index (χ3v) is 4.08. The van der Waals surface area contributed by atoms with Gasteiger partial charge in [0.05, 0.1) is 0 Å². The average Bonchev–Trinajstić information content (AvgIpc) is 3.19. The van der Waals surface area contributed by atoms with Crippen LogP contribution in [0.4, 0.5) is 0 Å². The summed E-state index contributed by atoms with van der Waals surface area (Å²) in [7, 11) is 0. The van der Waals surface area contributed by atoms with Crippen molar-refractivity contribution in [2.75, 3.05) is 13.3 Å². The molecule has 8 heteroatoms. The molecule has 0 saturated carbocycles. The molecular formula is C21H19N2O6-. The number of fused-ring (bicyclic) bond motifs is 1. The predicted molar refractivity (Wildman–Crippen MR) is 102 cm³/mol. The van der Waals surface area contributed by atoms with Crippen LogP contribution in [0.25, 0.3) is 6.08 Å². The summed E-state index contributed by atoms with van der Waals surface area (Å²) in [5.41, 5.74) is 1.04. The highest BCUT2D eigenvalue weighted by Gasteiger charge is 2.16. The van der Waals surface area contributed by atoms with Crippen LogP contribution in [0, 0.1) is 0 Å². The van der Waals surface area contributed by atoms with Gasteiger partial charge in [-0.25, -0.2) is 0 Å². The minimum absolute atomic E-state index is 0.0196. The van der Waals surface area contributed by atoms with Crippen LogP contribution in [0.5, 0.6) is 11.5 Å². The van der Waals surface area contributed by atoms with Crippen molar-refractivity contribution in [1.29, 1.82) is 0 Å². The fraction of sp³-hybridized carbons (Fsp3) is 0.190. The molecule has 0 spiro atoms. The zero-order chi connectivity index (χ0) is 20.6. The van der Waals surface area contributed by atoms with Gasteiger partial charge in [0.25, 0.3) is 11.8 Å². The van der Waals surface area contributed by atoms with Crippen LogP contribution in [-0.4, -0.2) is 31.1 Å². The fourth-order valence-corrected chi connectivity index (χ4v) is 2.64. The van der Waals surface area contributed by atoms with Crippen LogP contribution in [0.2, 0.25) is 0 Å². The smallest absolute Gasteiger partial charge is 0.267 e. The molecule has 29 heavy (non-hydrogen) atoms. The van der Waals surface area contributed by atoms with Gasteiger partial charge in [0.2, 0.25) is 6.79 Å². The number of amides is 2. The molecule has 2 aromatic carbocycles. The Kier molecular flexibility index (Phi) is 6.47. The maximum Gasteiger partial charge on any atom is 0.267 e. The molecule has 0 aromatic heterocycles. The Morgan fingerprint density at radius 3 is 2.55 bits per heavy atom.